The van der Waals surface area contributed by atoms with Crippen molar-refractivity contribution in [3.8, 4) is 24.0 Å². The van der Waals surface area contributed by atoms with E-state index < -0.39 is 5.56 Å². The summed E-state index contributed by atoms with van der Waals surface area (Å²) in [6, 6.07) is 5.01. The van der Waals surface area contributed by atoms with Crippen molar-refractivity contribution in [1.29, 1.82) is 10.5 Å². The zero-order valence-electron chi connectivity index (χ0n) is 7.16. The summed E-state index contributed by atoms with van der Waals surface area (Å²) in [7, 11) is 0. The Hall–Kier alpha value is -2.51. The lowest BCUT2D eigenvalue weighted by Crippen LogP contribution is -2.08. The van der Waals surface area contributed by atoms with Gasteiger partial charge in [0.1, 0.15) is 11.6 Å². The van der Waals surface area contributed by atoms with Crippen LogP contribution in [-0.4, -0.2) is 4.98 Å². The number of nitriles is 2. The van der Waals surface area contributed by atoms with Crippen LogP contribution < -0.4 is 5.56 Å². The molecule has 0 bridgehead atoms. The van der Waals surface area contributed by atoms with Crippen LogP contribution >= 0.6 is 0 Å². The summed E-state index contributed by atoms with van der Waals surface area (Å²) < 4.78 is 0. The Labute approximate surface area is 80.4 Å². The molecule has 0 aliphatic heterocycles. The van der Waals surface area contributed by atoms with Crippen molar-refractivity contribution >= 4 is 0 Å². The number of aromatic amines is 1. The molecule has 1 N–H and O–H groups in total. The molecule has 4 nitrogen and oxygen atoms in total. The van der Waals surface area contributed by atoms with Gasteiger partial charge in [0, 0.05) is 11.8 Å². The molecule has 66 valence electrons. The molecular weight excluding hydrogens is 178 g/mol. The van der Waals surface area contributed by atoms with Gasteiger partial charge < -0.3 is 4.98 Å². The Balaban J connectivity index is 3.06. The molecule has 0 fully saturated rings. The molecule has 0 atom stereocenters. The van der Waals surface area contributed by atoms with Crippen molar-refractivity contribution in [3.63, 3.8) is 0 Å². The highest BCUT2D eigenvalue weighted by molar-refractivity contribution is 5.38. The number of rotatable bonds is 0. The first-order valence-corrected chi connectivity index (χ1v) is 3.76. The van der Waals surface area contributed by atoms with E-state index >= 15 is 0 Å². The van der Waals surface area contributed by atoms with Crippen molar-refractivity contribution in [2.45, 2.75) is 6.42 Å². The lowest BCUT2D eigenvalue weighted by atomic mass is 10.2. The van der Waals surface area contributed by atoms with E-state index in [9.17, 15) is 4.79 Å². The zero-order valence-corrected chi connectivity index (χ0v) is 7.16. The van der Waals surface area contributed by atoms with Crippen molar-refractivity contribution in [1.82, 2.24) is 4.98 Å². The van der Waals surface area contributed by atoms with Crippen LogP contribution in [0.3, 0.4) is 0 Å². The molecule has 1 rings (SSSR count). The van der Waals surface area contributed by atoms with Gasteiger partial charge in [-0.3, -0.25) is 4.79 Å². The van der Waals surface area contributed by atoms with E-state index in [0.717, 1.165) is 0 Å². The second-order valence-corrected chi connectivity index (χ2v) is 2.38. The molecule has 0 aliphatic rings. The Morgan fingerprint density at radius 1 is 1.43 bits per heavy atom. The van der Waals surface area contributed by atoms with Crippen LogP contribution in [-0.2, 0) is 0 Å². The predicted molar refractivity (Wildman–Crippen MR) is 48.9 cm³/mol. The maximum Gasteiger partial charge on any atom is 0.265 e. The summed E-state index contributed by atoms with van der Waals surface area (Å²) in [5.41, 5.74) is 0.114. The highest BCUT2D eigenvalue weighted by Crippen LogP contribution is 1.94. The van der Waals surface area contributed by atoms with Crippen LogP contribution in [0.4, 0.5) is 0 Å². The zero-order chi connectivity index (χ0) is 10.4. The number of H-pyrrole nitrogens is 1. The van der Waals surface area contributed by atoms with E-state index in [2.05, 4.69) is 16.8 Å². The Morgan fingerprint density at radius 2 is 2.21 bits per heavy atom. The Bertz CT molecular complexity index is 531. The second kappa shape index (κ2) is 4.50. The minimum Gasteiger partial charge on any atom is -0.327 e. The SMILES string of the molecule is N#CCC#Cc1c[nH]c(=O)c(C#N)c1. The normalized spacial score (nSPS) is 7.86. The van der Waals surface area contributed by atoms with Crippen LogP contribution in [0.1, 0.15) is 17.5 Å². The molecule has 1 aromatic heterocycles. The van der Waals surface area contributed by atoms with Gasteiger partial charge in [-0.05, 0) is 6.07 Å². The number of hydrogen-bond acceptors (Lipinski definition) is 3. The average Bonchev–Trinajstić information content (AvgIpc) is 2.21. The Morgan fingerprint density at radius 3 is 2.86 bits per heavy atom. The van der Waals surface area contributed by atoms with Gasteiger partial charge >= 0.3 is 0 Å². The summed E-state index contributed by atoms with van der Waals surface area (Å²) >= 11 is 0. The first-order chi connectivity index (χ1) is 6.77. The molecule has 4 heteroatoms. The third-order valence-corrected chi connectivity index (χ3v) is 1.42. The predicted octanol–water partition coefficient (Wildman–Crippen LogP) is 0.512. The van der Waals surface area contributed by atoms with Crippen LogP contribution in [0, 0.1) is 34.5 Å². The number of hydrogen-bond donors (Lipinski definition) is 1. The van der Waals surface area contributed by atoms with Gasteiger partial charge in [0.25, 0.3) is 5.56 Å². The van der Waals surface area contributed by atoms with E-state index in [-0.39, 0.29) is 12.0 Å². The minimum atomic E-state index is -0.432. The van der Waals surface area contributed by atoms with E-state index in [1.54, 1.807) is 6.07 Å². The van der Waals surface area contributed by atoms with Gasteiger partial charge in [0.15, 0.2) is 0 Å². The first kappa shape index (κ1) is 9.58. The third kappa shape index (κ3) is 2.24. The highest BCUT2D eigenvalue weighted by Gasteiger charge is 1.97. The summed E-state index contributed by atoms with van der Waals surface area (Å²) in [5, 5.41) is 16.8. The van der Waals surface area contributed by atoms with E-state index in [1.165, 1.54) is 12.3 Å². The fourth-order valence-corrected chi connectivity index (χ4v) is 0.825. The molecule has 0 saturated carbocycles. The monoisotopic (exact) mass is 183 g/mol. The summed E-state index contributed by atoms with van der Waals surface area (Å²) in [4.78, 5) is 13.3. The lowest BCUT2D eigenvalue weighted by molar-refractivity contribution is 1.20. The van der Waals surface area contributed by atoms with Crippen molar-refractivity contribution < 1.29 is 0 Å². The molecule has 0 spiro atoms. The highest BCUT2D eigenvalue weighted by atomic mass is 16.1. The van der Waals surface area contributed by atoms with E-state index in [0.29, 0.717) is 5.56 Å². The smallest absolute Gasteiger partial charge is 0.265 e. The van der Waals surface area contributed by atoms with Crippen LogP contribution in [0.15, 0.2) is 17.1 Å². The number of aromatic nitrogens is 1. The number of pyridine rings is 1. The quantitative estimate of drug-likeness (QED) is 0.595. The average molecular weight is 183 g/mol. The van der Waals surface area contributed by atoms with E-state index in [1.807, 2.05) is 6.07 Å². The van der Waals surface area contributed by atoms with Crippen LogP contribution in [0.25, 0.3) is 0 Å². The van der Waals surface area contributed by atoms with Crippen molar-refractivity contribution in [2.24, 2.45) is 0 Å². The van der Waals surface area contributed by atoms with Crippen LogP contribution in [0.2, 0.25) is 0 Å². The molecule has 1 aromatic rings. The minimum absolute atomic E-state index is 0.0220. The summed E-state index contributed by atoms with van der Waals surface area (Å²) in [6.45, 7) is 0. The van der Waals surface area contributed by atoms with Gasteiger partial charge in [-0.2, -0.15) is 10.5 Å². The maximum atomic E-state index is 11.0. The maximum absolute atomic E-state index is 11.0. The van der Waals surface area contributed by atoms with Gasteiger partial charge in [0.05, 0.1) is 12.5 Å². The topological polar surface area (TPSA) is 80.4 Å². The van der Waals surface area contributed by atoms with Gasteiger partial charge in [0.2, 0.25) is 0 Å². The molecule has 1 heterocycles. The molecule has 0 radical (unpaired) electrons. The summed E-state index contributed by atoms with van der Waals surface area (Å²) in [6.07, 6.45) is 1.54. The molecule has 0 unspecified atom stereocenters. The summed E-state index contributed by atoms with van der Waals surface area (Å²) in [5.74, 6) is 5.23. The van der Waals surface area contributed by atoms with Crippen LogP contribution in [0.5, 0.6) is 0 Å². The lowest BCUT2D eigenvalue weighted by Gasteiger charge is -1.89. The third-order valence-electron chi connectivity index (χ3n) is 1.42. The number of nitrogens with zero attached hydrogens (tertiary/aromatic N) is 2. The van der Waals surface area contributed by atoms with Crippen molar-refractivity contribution in [2.75, 3.05) is 0 Å². The molecular formula is C10H5N3O. The fraction of sp³-hybridized carbons (Fsp3) is 0.100. The van der Waals surface area contributed by atoms with Crippen molar-refractivity contribution in [3.05, 3.63) is 33.7 Å². The first-order valence-electron chi connectivity index (χ1n) is 3.76. The standard InChI is InChI=1S/C10H5N3O/c11-4-2-1-3-8-5-9(6-12)10(14)13-7-8/h5,7H,2H2,(H,13,14). The Kier molecular flexibility index (Phi) is 3.08. The molecule has 0 amide bonds. The molecule has 0 aromatic carbocycles. The largest absolute Gasteiger partial charge is 0.327 e. The van der Waals surface area contributed by atoms with Gasteiger partial charge in [-0.15, -0.1) is 0 Å². The van der Waals surface area contributed by atoms with Gasteiger partial charge in [-0.1, -0.05) is 11.8 Å². The second-order valence-electron chi connectivity index (χ2n) is 2.38. The molecule has 0 aliphatic carbocycles. The molecule has 14 heavy (non-hydrogen) atoms. The number of nitrogens with one attached hydrogen (secondary N) is 1. The fourth-order valence-electron chi connectivity index (χ4n) is 0.825. The van der Waals surface area contributed by atoms with E-state index in [4.69, 9.17) is 10.5 Å². The van der Waals surface area contributed by atoms with Gasteiger partial charge in [-0.25, -0.2) is 0 Å². The molecule has 0 saturated heterocycles.